The third-order valence-corrected chi connectivity index (χ3v) is 3.48. The highest BCUT2D eigenvalue weighted by molar-refractivity contribution is 7.85. The summed E-state index contributed by atoms with van der Waals surface area (Å²) in [6, 6.07) is 9.37. The number of imidazole rings is 1. The van der Waals surface area contributed by atoms with Gasteiger partial charge in [-0.05, 0) is 17.7 Å². The average Bonchev–Trinajstić information content (AvgIpc) is 2.86. The van der Waals surface area contributed by atoms with Gasteiger partial charge in [0, 0.05) is 24.9 Å². The van der Waals surface area contributed by atoms with Gasteiger partial charge in [0.2, 0.25) is 0 Å². The van der Waals surface area contributed by atoms with Crippen LogP contribution in [0.4, 0.5) is 0 Å². The fourth-order valence-electron chi connectivity index (χ4n) is 1.88. The van der Waals surface area contributed by atoms with Crippen molar-refractivity contribution in [3.8, 4) is 6.07 Å². The van der Waals surface area contributed by atoms with E-state index in [1.807, 2.05) is 16.7 Å². The maximum atomic E-state index is 10.9. The van der Waals surface area contributed by atoms with Crippen LogP contribution >= 0.6 is 0 Å². The van der Waals surface area contributed by atoms with Gasteiger partial charge in [0.1, 0.15) is 0 Å². The fraction of sp³-hybridized carbons (Fsp3) is 0.286. The Morgan fingerprint density at radius 1 is 1.33 bits per heavy atom. The maximum Gasteiger partial charge on any atom is 0.264 e. The number of hydrogen-bond acceptors (Lipinski definition) is 5. The molecule has 1 aromatic heterocycles. The van der Waals surface area contributed by atoms with Crippen molar-refractivity contribution in [3.63, 3.8) is 0 Å². The van der Waals surface area contributed by atoms with Crippen molar-refractivity contribution >= 4 is 10.1 Å². The molecule has 0 saturated carbocycles. The van der Waals surface area contributed by atoms with Gasteiger partial charge in [-0.1, -0.05) is 12.1 Å². The Balaban J connectivity index is 2.01. The van der Waals surface area contributed by atoms with E-state index in [0.717, 1.165) is 17.5 Å². The van der Waals surface area contributed by atoms with E-state index >= 15 is 0 Å². The summed E-state index contributed by atoms with van der Waals surface area (Å²) in [5, 5.41) is 8.76. The van der Waals surface area contributed by atoms with Crippen LogP contribution in [0.15, 0.2) is 36.8 Å². The van der Waals surface area contributed by atoms with Crippen molar-refractivity contribution in [3.05, 3.63) is 53.6 Å². The Bertz CT molecular complexity index is 743. The molecule has 2 aromatic rings. The van der Waals surface area contributed by atoms with Crippen LogP contribution in [0.3, 0.4) is 0 Å². The van der Waals surface area contributed by atoms with Crippen molar-refractivity contribution in [2.24, 2.45) is 0 Å². The summed E-state index contributed by atoms with van der Waals surface area (Å²) < 4.78 is 28.5. The normalized spacial score (nSPS) is 11.2. The van der Waals surface area contributed by atoms with E-state index in [1.165, 1.54) is 0 Å². The number of benzene rings is 1. The van der Waals surface area contributed by atoms with Crippen molar-refractivity contribution in [2.75, 3.05) is 12.9 Å². The highest BCUT2D eigenvalue weighted by atomic mass is 32.2. The molecule has 0 aliphatic rings. The van der Waals surface area contributed by atoms with Gasteiger partial charge >= 0.3 is 0 Å². The first-order valence-electron chi connectivity index (χ1n) is 6.30. The van der Waals surface area contributed by atoms with Crippen molar-refractivity contribution in [2.45, 2.75) is 13.0 Å². The molecule has 7 heteroatoms. The number of nitriles is 1. The minimum absolute atomic E-state index is 0.0951. The summed E-state index contributed by atoms with van der Waals surface area (Å²) in [6.45, 7) is 0.706. The van der Waals surface area contributed by atoms with Crippen LogP contribution in [0.1, 0.15) is 16.8 Å². The SMILES string of the molecule is CS(=O)(=O)OCCc1cncn1Cc1ccc(C#N)cc1. The number of nitrogens with zero attached hydrogens (tertiary/aromatic N) is 3. The minimum atomic E-state index is -3.42. The maximum absolute atomic E-state index is 10.9. The van der Waals surface area contributed by atoms with Gasteiger partial charge in [-0.15, -0.1) is 0 Å². The summed E-state index contributed by atoms with van der Waals surface area (Å²) in [6.07, 6.45) is 4.87. The lowest BCUT2D eigenvalue weighted by Crippen LogP contribution is -2.10. The third-order valence-electron chi connectivity index (χ3n) is 2.89. The quantitative estimate of drug-likeness (QED) is 0.751. The molecule has 0 spiro atoms. The Hall–Kier alpha value is -2.17. The van der Waals surface area contributed by atoms with Crippen LogP contribution in [0.25, 0.3) is 0 Å². The Morgan fingerprint density at radius 3 is 2.67 bits per heavy atom. The van der Waals surface area contributed by atoms with E-state index in [1.54, 1.807) is 24.7 Å². The smallest absolute Gasteiger partial charge is 0.264 e. The average molecular weight is 305 g/mol. The van der Waals surface area contributed by atoms with E-state index in [9.17, 15) is 8.42 Å². The van der Waals surface area contributed by atoms with E-state index in [2.05, 4.69) is 11.1 Å². The van der Waals surface area contributed by atoms with Gasteiger partial charge in [-0.25, -0.2) is 4.98 Å². The van der Waals surface area contributed by atoms with E-state index in [4.69, 9.17) is 9.44 Å². The second-order valence-electron chi connectivity index (χ2n) is 4.60. The molecule has 0 atom stereocenters. The zero-order valence-corrected chi connectivity index (χ0v) is 12.4. The summed E-state index contributed by atoms with van der Waals surface area (Å²) in [7, 11) is -3.42. The predicted octanol–water partition coefficient (Wildman–Crippen LogP) is 1.32. The van der Waals surface area contributed by atoms with E-state index < -0.39 is 10.1 Å². The molecule has 0 radical (unpaired) electrons. The lowest BCUT2D eigenvalue weighted by atomic mass is 10.1. The van der Waals surface area contributed by atoms with Crippen LogP contribution in [0.5, 0.6) is 0 Å². The standard InChI is InChI=1S/C14H15N3O3S/c1-21(18,19)20-7-6-14-9-16-11-17(14)10-13-4-2-12(8-15)3-5-13/h2-5,9,11H,6-7,10H2,1H3. The van der Waals surface area contributed by atoms with Crippen LogP contribution in [-0.4, -0.2) is 30.8 Å². The zero-order chi connectivity index (χ0) is 15.3. The molecule has 0 aliphatic carbocycles. The molecule has 1 aromatic carbocycles. The van der Waals surface area contributed by atoms with Crippen LogP contribution < -0.4 is 0 Å². The molecule has 1 heterocycles. The number of rotatable bonds is 6. The predicted molar refractivity (Wildman–Crippen MR) is 77.0 cm³/mol. The monoisotopic (exact) mass is 305 g/mol. The lowest BCUT2D eigenvalue weighted by Gasteiger charge is -2.08. The molecule has 0 bridgehead atoms. The first-order chi connectivity index (χ1) is 9.98. The van der Waals surface area contributed by atoms with Crippen LogP contribution in [0.2, 0.25) is 0 Å². The molecule has 0 fully saturated rings. The molecule has 0 N–H and O–H groups in total. The van der Waals surface area contributed by atoms with E-state index in [0.29, 0.717) is 18.5 Å². The molecule has 0 saturated heterocycles. The van der Waals surface area contributed by atoms with Crippen molar-refractivity contribution < 1.29 is 12.6 Å². The Kier molecular flexibility index (Phi) is 4.73. The molecule has 21 heavy (non-hydrogen) atoms. The first kappa shape index (κ1) is 15.2. The van der Waals surface area contributed by atoms with Gasteiger partial charge in [-0.3, -0.25) is 4.18 Å². The summed E-state index contributed by atoms with van der Waals surface area (Å²) in [4.78, 5) is 4.07. The highest BCUT2D eigenvalue weighted by Crippen LogP contribution is 2.09. The lowest BCUT2D eigenvalue weighted by molar-refractivity contribution is 0.323. The largest absolute Gasteiger partial charge is 0.330 e. The number of hydrogen-bond donors (Lipinski definition) is 0. The topological polar surface area (TPSA) is 85.0 Å². The van der Waals surface area contributed by atoms with Gasteiger partial charge in [0.15, 0.2) is 0 Å². The summed E-state index contributed by atoms with van der Waals surface area (Å²) in [5.74, 6) is 0. The second kappa shape index (κ2) is 6.52. The van der Waals surface area contributed by atoms with Crippen molar-refractivity contribution in [1.29, 1.82) is 5.26 Å². The Labute approximate surface area is 123 Å². The first-order valence-corrected chi connectivity index (χ1v) is 8.12. The summed E-state index contributed by atoms with van der Waals surface area (Å²) in [5.41, 5.74) is 2.55. The van der Waals surface area contributed by atoms with Crippen molar-refractivity contribution in [1.82, 2.24) is 9.55 Å². The molecule has 110 valence electrons. The van der Waals surface area contributed by atoms with Gasteiger partial charge in [0.25, 0.3) is 10.1 Å². The molecule has 0 aliphatic heterocycles. The highest BCUT2D eigenvalue weighted by Gasteiger charge is 2.06. The van der Waals surface area contributed by atoms with Gasteiger partial charge in [0.05, 0.1) is 30.8 Å². The molecular formula is C14H15N3O3S. The minimum Gasteiger partial charge on any atom is -0.330 e. The fourth-order valence-corrected chi connectivity index (χ4v) is 2.26. The van der Waals surface area contributed by atoms with E-state index in [-0.39, 0.29) is 6.61 Å². The molecular weight excluding hydrogens is 290 g/mol. The van der Waals surface area contributed by atoms with Crippen LogP contribution in [-0.2, 0) is 27.3 Å². The third kappa shape index (κ3) is 4.70. The molecule has 2 rings (SSSR count). The van der Waals surface area contributed by atoms with Gasteiger partial charge in [-0.2, -0.15) is 13.7 Å². The Morgan fingerprint density at radius 2 is 2.05 bits per heavy atom. The van der Waals surface area contributed by atoms with Gasteiger partial charge < -0.3 is 4.57 Å². The molecule has 0 unspecified atom stereocenters. The number of aromatic nitrogens is 2. The molecule has 6 nitrogen and oxygen atoms in total. The second-order valence-corrected chi connectivity index (χ2v) is 6.24. The molecule has 0 amide bonds. The summed E-state index contributed by atoms with van der Waals surface area (Å²) >= 11 is 0. The van der Waals surface area contributed by atoms with Crippen LogP contribution in [0, 0.1) is 11.3 Å². The zero-order valence-electron chi connectivity index (χ0n) is 11.6.